The molecule has 0 spiro atoms. The molecule has 194 valence electrons. The molecule has 10 nitrogen and oxygen atoms in total. The van der Waals surface area contributed by atoms with Crippen molar-refractivity contribution < 1.29 is 18.7 Å². The fourth-order valence-electron chi connectivity index (χ4n) is 4.07. The lowest BCUT2D eigenvalue weighted by Crippen LogP contribution is -1.99. The smallest absolute Gasteiger partial charge is 0.196 e. The summed E-state index contributed by atoms with van der Waals surface area (Å²) in [6, 6.07) is 7.36. The van der Waals surface area contributed by atoms with Gasteiger partial charge in [-0.25, -0.2) is 9.26 Å². The van der Waals surface area contributed by atoms with Crippen LogP contribution in [0.4, 0.5) is 11.6 Å². The second-order valence-electron chi connectivity index (χ2n) is 8.19. The molecule has 0 bridgehead atoms. The van der Waals surface area contributed by atoms with Crippen LogP contribution in [-0.2, 0) is 0 Å². The standard InChI is InChI=1S/C25H26Cl2N6O4/c1-4-5-6-7-8-15(13-9-16(20-24(28)32-36-30-20)22(34-2)18(26)11-13)14-10-17(21-25(29)33-37-31-21)23(35-3)19(27)12-14/h8-12H,4-7H2,1-3H3,(H2,28,32)(H2,29,33). The Morgan fingerprint density at radius 2 is 1.30 bits per heavy atom. The average Bonchev–Trinajstić information content (AvgIpc) is 3.50. The van der Waals surface area contributed by atoms with E-state index in [-0.39, 0.29) is 11.6 Å². The van der Waals surface area contributed by atoms with E-state index in [1.807, 2.05) is 24.3 Å². The van der Waals surface area contributed by atoms with E-state index >= 15 is 0 Å². The third kappa shape index (κ3) is 5.35. The van der Waals surface area contributed by atoms with Crippen molar-refractivity contribution in [3.63, 3.8) is 0 Å². The molecule has 0 aliphatic carbocycles. The Morgan fingerprint density at radius 3 is 1.68 bits per heavy atom. The molecule has 0 amide bonds. The van der Waals surface area contributed by atoms with Gasteiger partial charge in [0.05, 0.1) is 35.4 Å². The van der Waals surface area contributed by atoms with Crippen molar-refractivity contribution in [3.8, 4) is 34.0 Å². The Bertz CT molecular complexity index is 1330. The van der Waals surface area contributed by atoms with Gasteiger partial charge in [-0.15, -0.1) is 0 Å². The van der Waals surface area contributed by atoms with Crippen molar-refractivity contribution in [1.29, 1.82) is 0 Å². The fourth-order valence-corrected chi connectivity index (χ4v) is 4.67. The molecule has 0 fully saturated rings. The van der Waals surface area contributed by atoms with Crippen LogP contribution in [-0.4, -0.2) is 34.8 Å². The molecule has 0 saturated carbocycles. The van der Waals surface area contributed by atoms with E-state index in [1.54, 1.807) is 0 Å². The first-order valence-corrected chi connectivity index (χ1v) is 12.3. The number of aromatic nitrogens is 4. The molecular weight excluding hydrogens is 519 g/mol. The third-order valence-corrected chi connectivity index (χ3v) is 6.37. The number of methoxy groups -OCH3 is 2. The van der Waals surface area contributed by atoms with Gasteiger partial charge in [0.15, 0.2) is 23.0 Å². The topological polar surface area (TPSA) is 148 Å². The Labute approximate surface area is 223 Å². The van der Waals surface area contributed by atoms with Crippen LogP contribution < -0.4 is 20.9 Å². The first kappa shape index (κ1) is 26.3. The maximum atomic E-state index is 6.67. The number of anilines is 2. The molecule has 4 aromatic rings. The van der Waals surface area contributed by atoms with E-state index in [0.29, 0.717) is 44.1 Å². The molecular formula is C25H26Cl2N6O4. The van der Waals surface area contributed by atoms with Crippen molar-refractivity contribution >= 4 is 40.4 Å². The number of rotatable bonds is 10. The van der Waals surface area contributed by atoms with Crippen LogP contribution in [0.1, 0.15) is 43.7 Å². The van der Waals surface area contributed by atoms with Crippen LogP contribution >= 0.6 is 23.2 Å². The molecule has 2 heterocycles. The summed E-state index contributed by atoms with van der Waals surface area (Å²) in [6.07, 6.45) is 6.15. The zero-order valence-corrected chi connectivity index (χ0v) is 22.1. The maximum absolute atomic E-state index is 6.67. The number of hydrogen-bond acceptors (Lipinski definition) is 10. The first-order valence-electron chi connectivity index (χ1n) is 11.5. The Kier molecular flexibility index (Phi) is 8.20. The number of benzene rings is 2. The minimum atomic E-state index is 0.115. The molecule has 0 atom stereocenters. The van der Waals surface area contributed by atoms with Crippen molar-refractivity contribution in [1.82, 2.24) is 20.6 Å². The normalized spacial score (nSPS) is 10.9. The molecule has 0 saturated heterocycles. The van der Waals surface area contributed by atoms with Gasteiger partial charge in [0.1, 0.15) is 11.5 Å². The molecule has 4 N–H and O–H groups in total. The summed E-state index contributed by atoms with van der Waals surface area (Å²) in [5.41, 5.74) is 16.1. The highest BCUT2D eigenvalue weighted by Crippen LogP contribution is 2.44. The predicted molar refractivity (Wildman–Crippen MR) is 143 cm³/mol. The second kappa shape index (κ2) is 11.5. The molecule has 4 rings (SSSR count). The third-order valence-electron chi connectivity index (χ3n) is 5.81. The van der Waals surface area contributed by atoms with E-state index in [4.69, 9.17) is 53.4 Å². The summed E-state index contributed by atoms with van der Waals surface area (Å²) in [6.45, 7) is 2.16. The zero-order valence-electron chi connectivity index (χ0n) is 20.5. The molecule has 2 aromatic carbocycles. The number of hydrogen-bond donors (Lipinski definition) is 2. The van der Waals surface area contributed by atoms with Gasteiger partial charge in [-0.2, -0.15) is 0 Å². The SMILES string of the molecule is CCCCCC=C(c1cc(Cl)c(OC)c(-c2nonc2N)c1)c1cc(Cl)c(OC)c(-c2nonc2N)c1. The van der Waals surface area contributed by atoms with E-state index < -0.39 is 0 Å². The van der Waals surface area contributed by atoms with Crippen LogP contribution in [0, 0.1) is 0 Å². The van der Waals surface area contributed by atoms with Crippen LogP contribution in [0.3, 0.4) is 0 Å². The van der Waals surface area contributed by atoms with Gasteiger partial charge in [-0.1, -0.05) is 49.0 Å². The van der Waals surface area contributed by atoms with Gasteiger partial charge >= 0.3 is 0 Å². The van der Waals surface area contributed by atoms with Crippen LogP contribution in [0.5, 0.6) is 11.5 Å². The monoisotopic (exact) mass is 544 g/mol. The molecule has 0 aliphatic heterocycles. The van der Waals surface area contributed by atoms with Crippen LogP contribution in [0.25, 0.3) is 28.1 Å². The second-order valence-corrected chi connectivity index (χ2v) is 9.00. The number of nitrogen functional groups attached to an aromatic ring is 2. The minimum absolute atomic E-state index is 0.115. The predicted octanol–water partition coefficient (Wildman–Crippen LogP) is 6.29. The number of unbranched alkanes of at least 4 members (excludes halogenated alkanes) is 3. The lowest BCUT2D eigenvalue weighted by molar-refractivity contribution is 0.310. The van der Waals surface area contributed by atoms with Crippen molar-refractivity contribution in [3.05, 3.63) is 51.5 Å². The molecule has 0 unspecified atom stereocenters. The molecule has 12 heteroatoms. The molecule has 37 heavy (non-hydrogen) atoms. The quantitative estimate of drug-likeness (QED) is 0.218. The number of nitrogens with zero attached hydrogens (tertiary/aromatic N) is 4. The van der Waals surface area contributed by atoms with E-state index in [9.17, 15) is 0 Å². The summed E-state index contributed by atoms with van der Waals surface area (Å²) in [5, 5.41) is 16.0. The fraction of sp³-hybridized carbons (Fsp3) is 0.280. The molecule has 0 radical (unpaired) electrons. The van der Waals surface area contributed by atoms with E-state index in [0.717, 1.165) is 42.4 Å². The largest absolute Gasteiger partial charge is 0.494 e. The van der Waals surface area contributed by atoms with E-state index in [2.05, 4.69) is 33.6 Å². The van der Waals surface area contributed by atoms with Crippen LogP contribution in [0.2, 0.25) is 10.0 Å². The summed E-state index contributed by atoms with van der Waals surface area (Å²) in [4.78, 5) is 0. The lowest BCUT2D eigenvalue weighted by atomic mass is 9.92. The summed E-state index contributed by atoms with van der Waals surface area (Å²) in [7, 11) is 3.03. The average molecular weight is 545 g/mol. The zero-order chi connectivity index (χ0) is 26.5. The van der Waals surface area contributed by atoms with Gasteiger partial charge in [0.25, 0.3) is 0 Å². The minimum Gasteiger partial charge on any atom is -0.494 e. The van der Waals surface area contributed by atoms with Crippen LogP contribution in [0.15, 0.2) is 39.6 Å². The summed E-state index contributed by atoms with van der Waals surface area (Å²) in [5.74, 6) is 1.02. The highest BCUT2D eigenvalue weighted by molar-refractivity contribution is 6.33. The lowest BCUT2D eigenvalue weighted by Gasteiger charge is -2.17. The van der Waals surface area contributed by atoms with Crippen molar-refractivity contribution in [2.24, 2.45) is 0 Å². The molecule has 0 aliphatic rings. The summed E-state index contributed by atoms with van der Waals surface area (Å²) < 4.78 is 20.7. The van der Waals surface area contributed by atoms with Crippen molar-refractivity contribution in [2.45, 2.75) is 32.6 Å². The van der Waals surface area contributed by atoms with Gasteiger partial charge in [-0.3, -0.25) is 0 Å². The number of halogens is 2. The number of ether oxygens (including phenoxy) is 2. The number of nitrogens with two attached hydrogens (primary N) is 2. The Balaban J connectivity index is 1.94. The number of allylic oxidation sites excluding steroid dienone is 1. The Hall–Kier alpha value is -3.76. The molecule has 2 aromatic heterocycles. The van der Waals surface area contributed by atoms with E-state index in [1.165, 1.54) is 14.2 Å². The highest BCUT2D eigenvalue weighted by atomic mass is 35.5. The Morgan fingerprint density at radius 1 is 0.811 bits per heavy atom. The van der Waals surface area contributed by atoms with Gasteiger partial charge in [0.2, 0.25) is 0 Å². The summed E-state index contributed by atoms with van der Waals surface area (Å²) >= 11 is 13.3. The van der Waals surface area contributed by atoms with Gasteiger partial charge < -0.3 is 20.9 Å². The first-order chi connectivity index (χ1) is 17.9. The van der Waals surface area contributed by atoms with Gasteiger partial charge in [-0.05, 0) is 74.4 Å². The highest BCUT2D eigenvalue weighted by Gasteiger charge is 2.23. The maximum Gasteiger partial charge on any atom is 0.196 e. The van der Waals surface area contributed by atoms with Crippen molar-refractivity contribution in [2.75, 3.05) is 25.7 Å². The van der Waals surface area contributed by atoms with Gasteiger partial charge in [0, 0.05) is 0 Å².